The summed E-state index contributed by atoms with van der Waals surface area (Å²) in [5.41, 5.74) is 2.85. The highest BCUT2D eigenvalue weighted by Crippen LogP contribution is 2.28. The van der Waals surface area contributed by atoms with Gasteiger partial charge in [0.2, 0.25) is 0 Å². The van der Waals surface area contributed by atoms with Gasteiger partial charge in [-0.05, 0) is 62.3 Å². The summed E-state index contributed by atoms with van der Waals surface area (Å²) in [7, 11) is 0. The third-order valence-corrected chi connectivity index (χ3v) is 4.43. The van der Waals surface area contributed by atoms with E-state index < -0.39 is 0 Å². The molecule has 2 rings (SSSR count). The van der Waals surface area contributed by atoms with E-state index >= 15 is 0 Å². The van der Waals surface area contributed by atoms with Gasteiger partial charge in [0.25, 0.3) is 0 Å². The van der Waals surface area contributed by atoms with E-state index in [-0.39, 0.29) is 0 Å². The summed E-state index contributed by atoms with van der Waals surface area (Å²) in [4.78, 5) is 0. The number of hydrogen-bond acceptors (Lipinski definition) is 1. The molecule has 20 heavy (non-hydrogen) atoms. The first-order valence-electron chi connectivity index (χ1n) is 7.74. The minimum atomic E-state index is 0.412. The van der Waals surface area contributed by atoms with Crippen molar-refractivity contribution in [3.05, 3.63) is 46.5 Å². The van der Waals surface area contributed by atoms with Crippen molar-refractivity contribution in [1.82, 2.24) is 5.32 Å². The van der Waals surface area contributed by atoms with E-state index in [1.54, 1.807) is 5.57 Å². The Morgan fingerprint density at radius 1 is 1.40 bits per heavy atom. The molecular weight excluding hydrogens is 266 g/mol. The molecule has 0 amide bonds. The largest absolute Gasteiger partial charge is 0.310 e. The lowest BCUT2D eigenvalue weighted by molar-refractivity contribution is 0.358. The van der Waals surface area contributed by atoms with Crippen LogP contribution in [0.5, 0.6) is 0 Å². The van der Waals surface area contributed by atoms with Gasteiger partial charge in [0.1, 0.15) is 0 Å². The fraction of sp³-hybridized carbons (Fsp3) is 0.556. The van der Waals surface area contributed by atoms with Crippen LogP contribution in [0.2, 0.25) is 5.02 Å². The number of benzene rings is 1. The molecule has 0 saturated heterocycles. The van der Waals surface area contributed by atoms with Crippen LogP contribution in [0.15, 0.2) is 35.9 Å². The maximum Gasteiger partial charge on any atom is 0.0409 e. The topological polar surface area (TPSA) is 12.0 Å². The molecule has 3 unspecified atom stereocenters. The standard InChI is InChI=1S/C18H26ClN/c1-4-18(16-6-5-7-17(19)11-16)20-12-15-9-13(2)8-14(3)10-15/h5-8,11,13,15,18,20H,4,9-10,12H2,1-3H3. The summed E-state index contributed by atoms with van der Waals surface area (Å²) in [6.07, 6.45) is 6.06. The second-order valence-corrected chi connectivity index (χ2v) is 6.66. The van der Waals surface area contributed by atoms with Gasteiger partial charge in [-0.2, -0.15) is 0 Å². The van der Waals surface area contributed by atoms with Gasteiger partial charge < -0.3 is 5.32 Å². The molecule has 0 aromatic heterocycles. The number of halogens is 1. The van der Waals surface area contributed by atoms with Crippen LogP contribution in [0.3, 0.4) is 0 Å². The van der Waals surface area contributed by atoms with Gasteiger partial charge in [-0.1, -0.05) is 49.2 Å². The lowest BCUT2D eigenvalue weighted by Crippen LogP contribution is -2.29. The van der Waals surface area contributed by atoms with Gasteiger partial charge >= 0.3 is 0 Å². The summed E-state index contributed by atoms with van der Waals surface area (Å²) in [5.74, 6) is 1.49. The van der Waals surface area contributed by atoms with Crippen molar-refractivity contribution in [2.24, 2.45) is 11.8 Å². The lowest BCUT2D eigenvalue weighted by Gasteiger charge is -2.28. The summed E-state index contributed by atoms with van der Waals surface area (Å²) in [6.45, 7) is 7.91. The average Bonchev–Trinajstić information content (AvgIpc) is 2.38. The number of rotatable bonds is 5. The molecule has 110 valence electrons. The Kier molecular flexibility index (Phi) is 5.68. The van der Waals surface area contributed by atoms with E-state index in [0.29, 0.717) is 6.04 Å². The second kappa shape index (κ2) is 7.28. The van der Waals surface area contributed by atoms with Crippen LogP contribution in [0.25, 0.3) is 0 Å². The zero-order valence-electron chi connectivity index (χ0n) is 12.8. The van der Waals surface area contributed by atoms with Gasteiger partial charge in [0.15, 0.2) is 0 Å². The SMILES string of the molecule is CCC(NCC1CC(C)=CC(C)C1)c1cccc(Cl)c1. The molecule has 0 heterocycles. The highest BCUT2D eigenvalue weighted by molar-refractivity contribution is 6.30. The molecule has 1 N–H and O–H groups in total. The minimum Gasteiger partial charge on any atom is -0.310 e. The molecule has 0 spiro atoms. The van der Waals surface area contributed by atoms with E-state index in [0.717, 1.165) is 29.8 Å². The Morgan fingerprint density at radius 2 is 2.20 bits per heavy atom. The van der Waals surface area contributed by atoms with Crippen LogP contribution >= 0.6 is 11.6 Å². The minimum absolute atomic E-state index is 0.412. The first-order chi connectivity index (χ1) is 9.58. The van der Waals surface area contributed by atoms with Crippen LogP contribution in [-0.4, -0.2) is 6.54 Å². The van der Waals surface area contributed by atoms with Crippen LogP contribution in [0.1, 0.15) is 51.6 Å². The van der Waals surface area contributed by atoms with Crippen LogP contribution in [-0.2, 0) is 0 Å². The first-order valence-corrected chi connectivity index (χ1v) is 8.12. The van der Waals surface area contributed by atoms with Crippen molar-refractivity contribution in [2.45, 2.75) is 46.1 Å². The van der Waals surface area contributed by atoms with Crippen LogP contribution < -0.4 is 5.32 Å². The van der Waals surface area contributed by atoms with Gasteiger partial charge in [0, 0.05) is 11.1 Å². The molecule has 0 bridgehead atoms. The third kappa shape index (κ3) is 4.36. The quantitative estimate of drug-likeness (QED) is 0.719. The number of allylic oxidation sites excluding steroid dienone is 2. The van der Waals surface area contributed by atoms with Gasteiger partial charge in [-0.15, -0.1) is 0 Å². The monoisotopic (exact) mass is 291 g/mol. The van der Waals surface area contributed by atoms with Gasteiger partial charge in [-0.25, -0.2) is 0 Å². The van der Waals surface area contributed by atoms with Crippen molar-refractivity contribution in [3.8, 4) is 0 Å². The van der Waals surface area contributed by atoms with Crippen molar-refractivity contribution in [2.75, 3.05) is 6.54 Å². The fourth-order valence-corrected chi connectivity index (χ4v) is 3.57. The van der Waals surface area contributed by atoms with Crippen molar-refractivity contribution in [1.29, 1.82) is 0 Å². The maximum absolute atomic E-state index is 6.10. The Balaban J connectivity index is 1.93. The zero-order valence-corrected chi connectivity index (χ0v) is 13.6. The molecule has 1 aliphatic carbocycles. The highest BCUT2D eigenvalue weighted by atomic mass is 35.5. The zero-order chi connectivity index (χ0) is 14.5. The summed E-state index contributed by atoms with van der Waals surface area (Å²) in [5, 5.41) is 4.56. The predicted molar refractivity (Wildman–Crippen MR) is 88.1 cm³/mol. The summed E-state index contributed by atoms with van der Waals surface area (Å²) >= 11 is 6.10. The smallest absolute Gasteiger partial charge is 0.0409 e. The molecule has 1 aromatic carbocycles. The Morgan fingerprint density at radius 3 is 2.85 bits per heavy atom. The van der Waals surface area contributed by atoms with Crippen molar-refractivity contribution >= 4 is 11.6 Å². The van der Waals surface area contributed by atoms with Crippen LogP contribution in [0, 0.1) is 11.8 Å². The molecule has 0 fully saturated rings. The Labute approximate surface area is 128 Å². The number of nitrogens with one attached hydrogen (secondary N) is 1. The normalized spacial score (nSPS) is 24.3. The lowest BCUT2D eigenvalue weighted by atomic mass is 9.83. The van der Waals surface area contributed by atoms with E-state index in [2.05, 4.69) is 44.3 Å². The molecule has 2 heteroatoms. The van der Waals surface area contributed by atoms with Gasteiger partial charge in [0.05, 0.1) is 0 Å². The maximum atomic E-state index is 6.10. The molecule has 0 saturated carbocycles. The molecule has 0 aliphatic heterocycles. The molecule has 1 aromatic rings. The molecule has 1 aliphatic rings. The molecule has 1 nitrogen and oxygen atoms in total. The first kappa shape index (κ1) is 15.6. The Bertz CT molecular complexity index is 466. The predicted octanol–water partition coefficient (Wildman–Crippen LogP) is 5.37. The van der Waals surface area contributed by atoms with E-state index in [1.165, 1.54) is 18.4 Å². The molecule has 3 atom stereocenters. The van der Waals surface area contributed by atoms with E-state index in [4.69, 9.17) is 11.6 Å². The van der Waals surface area contributed by atoms with Crippen LogP contribution in [0.4, 0.5) is 0 Å². The van der Waals surface area contributed by atoms with Crippen molar-refractivity contribution in [3.63, 3.8) is 0 Å². The Hall–Kier alpha value is -0.790. The molecular formula is C18H26ClN. The second-order valence-electron chi connectivity index (χ2n) is 6.22. The van der Waals surface area contributed by atoms with Crippen molar-refractivity contribution < 1.29 is 0 Å². The average molecular weight is 292 g/mol. The van der Waals surface area contributed by atoms with E-state index in [9.17, 15) is 0 Å². The fourth-order valence-electron chi connectivity index (χ4n) is 3.37. The highest BCUT2D eigenvalue weighted by Gasteiger charge is 2.19. The molecule has 0 radical (unpaired) electrons. The summed E-state index contributed by atoms with van der Waals surface area (Å²) in [6, 6.07) is 8.64. The number of hydrogen-bond donors (Lipinski definition) is 1. The van der Waals surface area contributed by atoms with Gasteiger partial charge in [-0.3, -0.25) is 0 Å². The summed E-state index contributed by atoms with van der Waals surface area (Å²) < 4.78 is 0. The third-order valence-electron chi connectivity index (χ3n) is 4.20. The van der Waals surface area contributed by atoms with E-state index in [1.807, 2.05) is 12.1 Å².